The van der Waals surface area contributed by atoms with Crippen molar-refractivity contribution in [3.05, 3.63) is 64.3 Å². The van der Waals surface area contributed by atoms with Gasteiger partial charge in [-0.15, -0.1) is 0 Å². The van der Waals surface area contributed by atoms with Gasteiger partial charge in [0.25, 0.3) is 5.91 Å². The van der Waals surface area contributed by atoms with Gasteiger partial charge in [-0.25, -0.2) is 9.97 Å². The second kappa shape index (κ2) is 10.8. The molecule has 1 saturated heterocycles. The lowest BCUT2D eigenvalue weighted by Gasteiger charge is -2.12. The minimum atomic E-state index is -0.336. The summed E-state index contributed by atoms with van der Waals surface area (Å²) in [6, 6.07) is 5.52. The van der Waals surface area contributed by atoms with Gasteiger partial charge in [-0.2, -0.15) is 18.5 Å². The molecule has 0 bridgehead atoms. The Morgan fingerprint density at radius 3 is 2.91 bits per heavy atom. The van der Waals surface area contributed by atoms with Gasteiger partial charge in [-0.05, 0) is 24.5 Å². The zero-order valence-electron chi connectivity index (χ0n) is 17.5. The molecule has 9 nitrogen and oxygen atoms in total. The number of nitrogens with zero attached hydrogens (tertiary/aromatic N) is 4. The van der Waals surface area contributed by atoms with E-state index < -0.39 is 0 Å². The molecule has 1 aliphatic heterocycles. The zero-order chi connectivity index (χ0) is 21.8. The summed E-state index contributed by atoms with van der Waals surface area (Å²) in [6.45, 7) is 3.32. The number of hydrogen-bond donors (Lipinski definition) is 3. The van der Waals surface area contributed by atoms with Gasteiger partial charge in [-0.1, -0.05) is 29.8 Å². The van der Waals surface area contributed by atoms with Gasteiger partial charge in [0.15, 0.2) is 0 Å². The van der Waals surface area contributed by atoms with Crippen LogP contribution in [0.15, 0.2) is 36.9 Å². The SMILES string of the molecule is Cc1cnc(NC2CCOC2)nc1-n1cnc(C(=O)NCc2cccc(CO)c2Cl)c1.S. The molecule has 1 atom stereocenters. The number of benzene rings is 1. The standard InChI is InChI=1S/C21H23ClN6O3.H2S/c1-13-7-24-21(26-16-5-6-31-11-16)27-19(13)28-9-17(25-12-28)20(30)23-8-14-3-2-4-15(10-29)18(14)22;/h2-4,7,9,12,16,29H,5-6,8,10-11H2,1H3,(H,23,30)(H,24,26,27);1H2. The summed E-state index contributed by atoms with van der Waals surface area (Å²) in [7, 11) is 0. The molecule has 0 radical (unpaired) electrons. The lowest BCUT2D eigenvalue weighted by molar-refractivity contribution is 0.0946. The van der Waals surface area contributed by atoms with Crippen LogP contribution in [0, 0.1) is 6.92 Å². The maximum atomic E-state index is 12.6. The molecule has 1 aliphatic rings. The zero-order valence-corrected chi connectivity index (χ0v) is 19.3. The first kappa shape index (κ1) is 24.0. The van der Waals surface area contributed by atoms with Crippen LogP contribution in [0.25, 0.3) is 5.82 Å². The van der Waals surface area contributed by atoms with E-state index in [0.29, 0.717) is 29.0 Å². The van der Waals surface area contributed by atoms with Crippen molar-refractivity contribution < 1.29 is 14.6 Å². The molecule has 3 heterocycles. The molecular weight excluding hydrogens is 452 g/mol. The number of aryl methyl sites for hydroxylation is 1. The van der Waals surface area contributed by atoms with Gasteiger partial charge >= 0.3 is 0 Å². The number of carbonyl (C=O) groups is 1. The predicted octanol–water partition coefficient (Wildman–Crippen LogP) is 2.36. The molecule has 3 aromatic rings. The minimum absolute atomic E-state index is 0. The first-order chi connectivity index (χ1) is 15.0. The summed E-state index contributed by atoms with van der Waals surface area (Å²) in [6.07, 6.45) is 5.81. The van der Waals surface area contributed by atoms with E-state index >= 15 is 0 Å². The highest BCUT2D eigenvalue weighted by atomic mass is 35.5. The van der Waals surface area contributed by atoms with Gasteiger partial charge in [0.2, 0.25) is 5.95 Å². The van der Waals surface area contributed by atoms with Crippen LogP contribution in [-0.2, 0) is 17.9 Å². The molecule has 32 heavy (non-hydrogen) atoms. The predicted molar refractivity (Wildman–Crippen MR) is 126 cm³/mol. The molecule has 170 valence electrons. The third-order valence-corrected chi connectivity index (χ3v) is 5.52. The normalized spacial score (nSPS) is 15.3. The Balaban J connectivity index is 0.00000289. The highest BCUT2D eigenvalue weighted by Crippen LogP contribution is 2.21. The van der Waals surface area contributed by atoms with E-state index in [1.807, 2.05) is 6.92 Å². The number of aliphatic hydroxyl groups excluding tert-OH is 1. The number of aromatic nitrogens is 4. The number of carbonyl (C=O) groups excluding carboxylic acids is 1. The van der Waals surface area contributed by atoms with Crippen LogP contribution < -0.4 is 10.6 Å². The monoisotopic (exact) mass is 476 g/mol. The van der Waals surface area contributed by atoms with Crippen LogP contribution in [0.2, 0.25) is 5.02 Å². The average molecular weight is 477 g/mol. The second-order valence-electron chi connectivity index (χ2n) is 7.30. The Morgan fingerprint density at radius 2 is 2.16 bits per heavy atom. The molecule has 0 saturated carbocycles. The maximum Gasteiger partial charge on any atom is 0.271 e. The van der Waals surface area contributed by atoms with Crippen LogP contribution in [0.4, 0.5) is 5.95 Å². The Labute approximate surface area is 197 Å². The molecule has 11 heteroatoms. The smallest absolute Gasteiger partial charge is 0.271 e. The quantitative estimate of drug-likeness (QED) is 0.479. The Kier molecular flexibility index (Phi) is 8.08. The molecule has 3 N–H and O–H groups in total. The van der Waals surface area contributed by atoms with Crippen molar-refractivity contribution in [2.24, 2.45) is 0 Å². The lowest BCUT2D eigenvalue weighted by atomic mass is 10.1. The molecule has 1 fully saturated rings. The highest BCUT2D eigenvalue weighted by Gasteiger charge is 2.18. The maximum absolute atomic E-state index is 12.6. The number of rotatable bonds is 7. The third-order valence-electron chi connectivity index (χ3n) is 5.04. The van der Waals surface area contributed by atoms with Gasteiger partial charge < -0.3 is 20.5 Å². The number of amides is 1. The molecule has 1 unspecified atom stereocenters. The molecule has 0 aliphatic carbocycles. The van der Waals surface area contributed by atoms with Crippen molar-refractivity contribution in [3.8, 4) is 5.82 Å². The summed E-state index contributed by atoms with van der Waals surface area (Å²) in [4.78, 5) is 25.7. The molecule has 1 amide bonds. The van der Waals surface area contributed by atoms with E-state index in [4.69, 9.17) is 16.3 Å². The Bertz CT molecular complexity index is 1090. The third kappa shape index (κ3) is 5.39. The van der Waals surface area contributed by atoms with Gasteiger partial charge in [-0.3, -0.25) is 9.36 Å². The van der Waals surface area contributed by atoms with Crippen molar-refractivity contribution in [1.82, 2.24) is 24.8 Å². The summed E-state index contributed by atoms with van der Waals surface area (Å²) in [5.74, 6) is 0.813. The number of hydrogen-bond acceptors (Lipinski definition) is 7. The van der Waals surface area contributed by atoms with Crippen LogP contribution in [-0.4, -0.2) is 49.8 Å². The van der Waals surface area contributed by atoms with Crippen LogP contribution in [0.3, 0.4) is 0 Å². The van der Waals surface area contributed by atoms with E-state index in [9.17, 15) is 9.90 Å². The van der Waals surface area contributed by atoms with Crippen LogP contribution in [0.1, 0.15) is 33.6 Å². The van der Waals surface area contributed by atoms with Crippen molar-refractivity contribution in [2.45, 2.75) is 32.5 Å². The van der Waals surface area contributed by atoms with Gasteiger partial charge in [0, 0.05) is 31.1 Å². The van der Waals surface area contributed by atoms with Crippen molar-refractivity contribution in [2.75, 3.05) is 18.5 Å². The summed E-state index contributed by atoms with van der Waals surface area (Å²) >= 11 is 6.26. The summed E-state index contributed by atoms with van der Waals surface area (Å²) in [5, 5.41) is 15.8. The number of aliphatic hydroxyl groups is 1. The fourth-order valence-corrected chi connectivity index (χ4v) is 3.56. The summed E-state index contributed by atoms with van der Waals surface area (Å²) in [5.41, 5.74) is 2.45. The molecule has 4 rings (SSSR count). The number of nitrogens with one attached hydrogen (secondary N) is 2. The molecular formula is C21H25ClN6O3S. The van der Waals surface area contributed by atoms with E-state index in [0.717, 1.165) is 24.2 Å². The van der Waals surface area contributed by atoms with Crippen LogP contribution in [0.5, 0.6) is 0 Å². The van der Waals surface area contributed by atoms with Gasteiger partial charge in [0.1, 0.15) is 17.8 Å². The largest absolute Gasteiger partial charge is 0.392 e. The van der Waals surface area contributed by atoms with Gasteiger partial charge in [0.05, 0.1) is 24.3 Å². The number of halogens is 1. The molecule has 2 aromatic heterocycles. The average Bonchev–Trinajstić information content (AvgIpc) is 3.46. The first-order valence-corrected chi connectivity index (χ1v) is 10.3. The minimum Gasteiger partial charge on any atom is -0.392 e. The highest BCUT2D eigenvalue weighted by molar-refractivity contribution is 7.59. The lowest BCUT2D eigenvalue weighted by Crippen LogP contribution is -2.23. The van der Waals surface area contributed by atoms with Crippen molar-refractivity contribution >= 4 is 37.0 Å². The Hall–Kier alpha value is -2.66. The molecule has 0 spiro atoms. The first-order valence-electron chi connectivity index (χ1n) is 9.92. The van der Waals surface area contributed by atoms with Crippen LogP contribution >= 0.6 is 25.1 Å². The van der Waals surface area contributed by atoms with Crippen molar-refractivity contribution in [3.63, 3.8) is 0 Å². The number of ether oxygens (including phenoxy) is 1. The fourth-order valence-electron chi connectivity index (χ4n) is 3.31. The van der Waals surface area contributed by atoms with E-state index in [1.54, 1.807) is 41.5 Å². The number of imidazole rings is 1. The van der Waals surface area contributed by atoms with E-state index in [-0.39, 0.29) is 44.3 Å². The topological polar surface area (TPSA) is 114 Å². The number of anilines is 1. The fraction of sp³-hybridized carbons (Fsp3) is 0.333. The van der Waals surface area contributed by atoms with Crippen molar-refractivity contribution in [1.29, 1.82) is 0 Å². The Morgan fingerprint density at radius 1 is 1.34 bits per heavy atom. The van der Waals surface area contributed by atoms with E-state index in [1.165, 1.54) is 0 Å². The molecule has 1 aromatic carbocycles. The summed E-state index contributed by atoms with van der Waals surface area (Å²) < 4.78 is 7.07. The second-order valence-corrected chi connectivity index (χ2v) is 7.68. The van der Waals surface area contributed by atoms with E-state index in [2.05, 4.69) is 25.6 Å².